The lowest BCUT2D eigenvalue weighted by molar-refractivity contribution is 0.241. The molecule has 0 bridgehead atoms. The predicted molar refractivity (Wildman–Crippen MR) is 116 cm³/mol. The number of hydrogen-bond acceptors (Lipinski definition) is 6. The van der Waals surface area contributed by atoms with Crippen LogP contribution in [0, 0.1) is 0 Å². The van der Waals surface area contributed by atoms with Crippen LogP contribution in [0.4, 0.5) is 0 Å². The topological polar surface area (TPSA) is 66.4 Å². The third kappa shape index (κ3) is 9.84. The van der Waals surface area contributed by atoms with Gasteiger partial charge in [0.1, 0.15) is 19.8 Å². The largest absolute Gasteiger partial charge is 0.462 e. The fourth-order valence-electron chi connectivity index (χ4n) is 1.14. The first-order valence-electron chi connectivity index (χ1n) is 6.73. The molecule has 0 radical (unpaired) electrons. The Morgan fingerprint density at radius 3 is 1.04 bits per heavy atom. The Hall–Kier alpha value is 1.29. The lowest BCUT2D eigenvalue weighted by Gasteiger charge is -2.12. The second-order valence-corrected chi connectivity index (χ2v) is 10.2. The van der Waals surface area contributed by atoms with E-state index in [1.165, 1.54) is 0 Å². The van der Waals surface area contributed by atoms with Gasteiger partial charge in [0, 0.05) is 16.0 Å². The summed E-state index contributed by atoms with van der Waals surface area (Å²) >= 11 is 20.5. The molecular formula is C12H15Br6N3O3. The molecule has 3 atom stereocenters. The Bertz CT molecular complexity index is 408. The van der Waals surface area contributed by atoms with E-state index in [4.69, 9.17) is 14.2 Å². The second-order valence-electron chi connectivity index (χ2n) is 4.37. The van der Waals surface area contributed by atoms with Crippen LogP contribution >= 0.6 is 95.6 Å². The third-order valence-corrected chi connectivity index (χ3v) is 8.97. The molecule has 0 aromatic carbocycles. The molecule has 1 heterocycles. The van der Waals surface area contributed by atoms with E-state index in [0.29, 0.717) is 19.8 Å². The van der Waals surface area contributed by atoms with Gasteiger partial charge in [-0.05, 0) is 0 Å². The van der Waals surface area contributed by atoms with Gasteiger partial charge in [0.25, 0.3) is 0 Å². The van der Waals surface area contributed by atoms with E-state index in [-0.39, 0.29) is 32.5 Å². The molecule has 12 heteroatoms. The average molecular weight is 729 g/mol. The number of rotatable bonds is 12. The van der Waals surface area contributed by atoms with Crippen LogP contribution in [-0.4, -0.2) is 65.2 Å². The van der Waals surface area contributed by atoms with Crippen molar-refractivity contribution >= 4 is 95.6 Å². The van der Waals surface area contributed by atoms with Crippen LogP contribution in [0.5, 0.6) is 18.0 Å². The summed E-state index contributed by atoms with van der Waals surface area (Å²) in [7, 11) is 0. The van der Waals surface area contributed by atoms with E-state index in [1.807, 2.05) is 0 Å². The number of alkyl halides is 6. The van der Waals surface area contributed by atoms with E-state index >= 15 is 0 Å². The molecule has 0 spiro atoms. The molecule has 0 amide bonds. The van der Waals surface area contributed by atoms with Crippen molar-refractivity contribution < 1.29 is 14.2 Å². The average Bonchev–Trinajstić information content (AvgIpc) is 2.61. The zero-order valence-corrected chi connectivity index (χ0v) is 21.8. The number of hydrogen-bond donors (Lipinski definition) is 0. The molecule has 0 saturated carbocycles. The molecule has 24 heavy (non-hydrogen) atoms. The van der Waals surface area contributed by atoms with Crippen LogP contribution in [-0.2, 0) is 0 Å². The maximum atomic E-state index is 5.57. The molecule has 0 aliphatic carbocycles. The summed E-state index contributed by atoms with van der Waals surface area (Å²) in [6.45, 7) is 1.21. The number of halogens is 6. The predicted octanol–water partition coefficient (Wildman–Crippen LogP) is 4.48. The molecule has 1 aromatic rings. The fraction of sp³-hybridized carbons (Fsp3) is 0.750. The Morgan fingerprint density at radius 1 is 0.583 bits per heavy atom. The van der Waals surface area contributed by atoms with Crippen molar-refractivity contribution in [2.75, 3.05) is 35.8 Å². The highest BCUT2D eigenvalue weighted by Gasteiger charge is 2.14. The van der Waals surface area contributed by atoms with Crippen LogP contribution in [0.2, 0.25) is 0 Å². The van der Waals surface area contributed by atoms with Gasteiger partial charge in [0.05, 0.1) is 14.5 Å². The van der Waals surface area contributed by atoms with E-state index in [1.54, 1.807) is 0 Å². The van der Waals surface area contributed by atoms with Crippen LogP contribution in [0.1, 0.15) is 0 Å². The molecule has 1 aromatic heterocycles. The molecule has 138 valence electrons. The first-order chi connectivity index (χ1) is 11.5. The molecular weight excluding hydrogens is 714 g/mol. The highest BCUT2D eigenvalue weighted by Crippen LogP contribution is 2.18. The lowest BCUT2D eigenvalue weighted by atomic mass is 10.5. The van der Waals surface area contributed by atoms with E-state index < -0.39 is 0 Å². The third-order valence-electron chi connectivity index (χ3n) is 2.26. The van der Waals surface area contributed by atoms with Crippen LogP contribution in [0.3, 0.4) is 0 Å². The number of ether oxygens (including phenoxy) is 3. The maximum absolute atomic E-state index is 5.57. The van der Waals surface area contributed by atoms with Crippen molar-refractivity contribution in [1.82, 2.24) is 15.0 Å². The van der Waals surface area contributed by atoms with Crippen LogP contribution in [0.15, 0.2) is 0 Å². The SMILES string of the molecule is BrCC(Br)COc1nc(OCC(Br)CBr)nc(OCC(Br)CBr)n1. The minimum atomic E-state index is 0.142. The van der Waals surface area contributed by atoms with E-state index in [2.05, 4.69) is 111 Å². The Kier molecular flexibility index (Phi) is 13.1. The minimum Gasteiger partial charge on any atom is -0.462 e. The smallest absolute Gasteiger partial charge is 0.325 e. The standard InChI is InChI=1S/C12H15Br6N3O3/c13-1-7(16)4-22-10-19-11(23-5-8(17)2-14)21-12(20-10)24-6-9(18)3-15/h7-9H,1-6H2. The molecule has 3 unspecified atom stereocenters. The van der Waals surface area contributed by atoms with Gasteiger partial charge in [-0.25, -0.2) is 0 Å². The zero-order valence-electron chi connectivity index (χ0n) is 12.3. The van der Waals surface area contributed by atoms with Gasteiger partial charge in [-0.15, -0.1) is 15.0 Å². The minimum absolute atomic E-state index is 0.142. The van der Waals surface area contributed by atoms with Crippen molar-refractivity contribution in [1.29, 1.82) is 0 Å². The maximum Gasteiger partial charge on any atom is 0.325 e. The van der Waals surface area contributed by atoms with Gasteiger partial charge >= 0.3 is 18.0 Å². The van der Waals surface area contributed by atoms with Crippen molar-refractivity contribution in [3.8, 4) is 18.0 Å². The van der Waals surface area contributed by atoms with Gasteiger partial charge in [-0.3, -0.25) is 0 Å². The zero-order chi connectivity index (χ0) is 17.9. The van der Waals surface area contributed by atoms with Crippen LogP contribution in [0.25, 0.3) is 0 Å². The van der Waals surface area contributed by atoms with Crippen molar-refractivity contribution in [3.05, 3.63) is 0 Å². The first-order valence-corrected chi connectivity index (χ1v) is 12.8. The molecule has 0 N–H and O–H groups in total. The van der Waals surface area contributed by atoms with Crippen LogP contribution < -0.4 is 14.2 Å². The molecule has 0 aliphatic rings. The summed E-state index contributed by atoms with van der Waals surface area (Å²) in [5.41, 5.74) is 0. The Balaban J connectivity index is 2.79. The van der Waals surface area contributed by atoms with Gasteiger partial charge in [0.2, 0.25) is 0 Å². The first kappa shape index (κ1) is 23.3. The summed E-state index contributed by atoms with van der Waals surface area (Å²) in [5.74, 6) is 0. The normalized spacial score (nSPS) is 14.8. The lowest BCUT2D eigenvalue weighted by Crippen LogP contribution is -2.18. The highest BCUT2D eigenvalue weighted by molar-refractivity contribution is 9.12. The fourth-order valence-corrected chi connectivity index (χ4v) is 2.10. The quantitative estimate of drug-likeness (QED) is 0.296. The summed E-state index contributed by atoms with van der Waals surface area (Å²) in [4.78, 5) is 12.9. The van der Waals surface area contributed by atoms with Crippen molar-refractivity contribution in [3.63, 3.8) is 0 Å². The number of nitrogens with zero attached hydrogens (tertiary/aromatic N) is 3. The summed E-state index contributed by atoms with van der Waals surface area (Å²) < 4.78 is 16.7. The van der Waals surface area contributed by atoms with Gasteiger partial charge in [-0.1, -0.05) is 95.6 Å². The molecule has 6 nitrogen and oxygen atoms in total. The summed E-state index contributed by atoms with van der Waals surface area (Å²) in [6, 6.07) is 0.487. The summed E-state index contributed by atoms with van der Waals surface area (Å²) in [5, 5.41) is 2.24. The molecule has 1 rings (SSSR count). The van der Waals surface area contributed by atoms with Crippen molar-refractivity contribution in [2.24, 2.45) is 0 Å². The molecule has 0 saturated heterocycles. The number of aromatic nitrogens is 3. The van der Waals surface area contributed by atoms with Gasteiger partial charge in [0.15, 0.2) is 0 Å². The monoisotopic (exact) mass is 723 g/mol. The summed E-state index contributed by atoms with van der Waals surface area (Å²) in [6.07, 6.45) is 0. The Labute approximate surface area is 191 Å². The Morgan fingerprint density at radius 2 is 0.833 bits per heavy atom. The molecule has 0 aliphatic heterocycles. The highest BCUT2D eigenvalue weighted by atomic mass is 79.9. The molecule has 0 fully saturated rings. The van der Waals surface area contributed by atoms with Gasteiger partial charge < -0.3 is 14.2 Å². The van der Waals surface area contributed by atoms with E-state index in [0.717, 1.165) is 16.0 Å². The second kappa shape index (κ2) is 13.5. The van der Waals surface area contributed by atoms with E-state index in [9.17, 15) is 0 Å². The van der Waals surface area contributed by atoms with Crippen molar-refractivity contribution in [2.45, 2.75) is 14.5 Å². The van der Waals surface area contributed by atoms with Gasteiger partial charge in [-0.2, -0.15) is 0 Å².